The van der Waals surface area contributed by atoms with Crippen LogP contribution in [-0.4, -0.2) is 61.8 Å². The fourth-order valence-corrected chi connectivity index (χ4v) is 3.69. The molecule has 1 amide bonds. The zero-order chi connectivity index (χ0) is 27.6. The summed E-state index contributed by atoms with van der Waals surface area (Å²) in [5.74, 6) is 0.260. The quantitative estimate of drug-likeness (QED) is 0.161. The first kappa shape index (κ1) is 34.5. The Bertz CT molecular complexity index is 623. The maximum Gasteiger partial charge on any atom is 0.322 e. The minimum atomic E-state index is -0.996. The Labute approximate surface area is 219 Å². The first-order valence-electron chi connectivity index (χ1n) is 13.9. The molecular weight excluding hydrogens is 460 g/mol. The lowest BCUT2D eigenvalue weighted by molar-refractivity contribution is -0.147. The summed E-state index contributed by atoms with van der Waals surface area (Å²) < 4.78 is 16.7. The van der Waals surface area contributed by atoms with Crippen molar-refractivity contribution in [2.45, 2.75) is 124 Å². The number of nitrogens with one attached hydrogen (secondary N) is 1. The van der Waals surface area contributed by atoms with Gasteiger partial charge in [0.05, 0.1) is 13.2 Å². The number of nitrogens with two attached hydrogens (primary N) is 1. The molecular formula is C28H54N2O6. The van der Waals surface area contributed by atoms with E-state index in [4.69, 9.17) is 19.9 Å². The Morgan fingerprint density at radius 1 is 0.972 bits per heavy atom. The van der Waals surface area contributed by atoms with Crippen molar-refractivity contribution in [1.29, 1.82) is 0 Å². The largest absolute Gasteiger partial charge is 0.463 e. The van der Waals surface area contributed by atoms with E-state index >= 15 is 0 Å². The summed E-state index contributed by atoms with van der Waals surface area (Å²) in [6.07, 6.45) is 7.71. The van der Waals surface area contributed by atoms with Crippen LogP contribution in [0.2, 0.25) is 0 Å². The topological polar surface area (TPSA) is 117 Å². The van der Waals surface area contributed by atoms with Gasteiger partial charge in [-0.3, -0.25) is 14.4 Å². The van der Waals surface area contributed by atoms with Crippen molar-refractivity contribution >= 4 is 17.7 Å². The predicted octanol–water partition coefficient (Wildman–Crippen LogP) is 4.57. The zero-order valence-electron chi connectivity index (χ0n) is 24.0. The molecule has 0 spiro atoms. The number of Topliss-reactive ketones (excluding diaryl/α,β-unsaturated/α-hetero) is 1. The Kier molecular flexibility index (Phi) is 18.8. The monoisotopic (exact) mass is 514 g/mol. The summed E-state index contributed by atoms with van der Waals surface area (Å²) >= 11 is 0. The molecule has 0 radical (unpaired) electrons. The average Bonchev–Trinajstić information content (AvgIpc) is 2.82. The lowest BCUT2D eigenvalue weighted by atomic mass is 10.0. The molecule has 212 valence electrons. The number of ketones is 1. The van der Waals surface area contributed by atoms with E-state index in [1.54, 1.807) is 13.8 Å². The molecule has 0 aromatic rings. The summed E-state index contributed by atoms with van der Waals surface area (Å²) in [6.45, 7) is 15.0. The van der Waals surface area contributed by atoms with Crippen LogP contribution in [0.3, 0.4) is 0 Å². The highest BCUT2D eigenvalue weighted by atomic mass is 16.5. The molecule has 8 heteroatoms. The van der Waals surface area contributed by atoms with Gasteiger partial charge >= 0.3 is 5.97 Å². The van der Waals surface area contributed by atoms with Gasteiger partial charge in [0.1, 0.15) is 24.4 Å². The van der Waals surface area contributed by atoms with Gasteiger partial charge in [0.15, 0.2) is 5.78 Å². The molecule has 0 rings (SSSR count). The van der Waals surface area contributed by atoms with E-state index in [0.717, 1.165) is 32.1 Å². The molecule has 36 heavy (non-hydrogen) atoms. The third-order valence-electron chi connectivity index (χ3n) is 6.32. The van der Waals surface area contributed by atoms with Crippen LogP contribution in [0.25, 0.3) is 0 Å². The minimum absolute atomic E-state index is 0.0699. The van der Waals surface area contributed by atoms with E-state index in [9.17, 15) is 14.4 Å². The third-order valence-corrected chi connectivity index (χ3v) is 6.32. The highest BCUT2D eigenvalue weighted by Gasteiger charge is 2.28. The molecule has 0 aliphatic heterocycles. The Balaban J connectivity index is 4.01. The molecule has 3 unspecified atom stereocenters. The number of ether oxygens (including phenoxy) is 3. The molecule has 0 aliphatic carbocycles. The van der Waals surface area contributed by atoms with E-state index in [0.29, 0.717) is 37.9 Å². The Morgan fingerprint density at radius 2 is 1.67 bits per heavy atom. The summed E-state index contributed by atoms with van der Waals surface area (Å²) in [5.41, 5.74) is 4.79. The van der Waals surface area contributed by atoms with Crippen LogP contribution in [0, 0.1) is 11.8 Å². The van der Waals surface area contributed by atoms with Crippen molar-refractivity contribution in [3.63, 3.8) is 0 Å². The van der Waals surface area contributed by atoms with Gasteiger partial charge in [0, 0.05) is 13.0 Å². The van der Waals surface area contributed by atoms with Crippen molar-refractivity contribution in [2.75, 3.05) is 26.4 Å². The van der Waals surface area contributed by atoms with E-state index in [1.165, 1.54) is 12.8 Å². The van der Waals surface area contributed by atoms with Crippen molar-refractivity contribution in [3.05, 3.63) is 0 Å². The van der Waals surface area contributed by atoms with Crippen LogP contribution in [0.5, 0.6) is 0 Å². The number of hydrogen-bond acceptors (Lipinski definition) is 7. The molecule has 0 fully saturated rings. The van der Waals surface area contributed by atoms with Crippen molar-refractivity contribution < 1.29 is 28.6 Å². The van der Waals surface area contributed by atoms with Crippen LogP contribution in [0.4, 0.5) is 0 Å². The maximum absolute atomic E-state index is 12.4. The standard InChI is InChI=1S/C28H54N2O6/c1-8-10-14-23(9-2)20-35-22(5)25(31)15-12-11-13-17-36-28(6,7)27(33)30-16-18-34-26(32)24(29)19-21(3)4/h21-24H,8-20,29H2,1-7H3,(H,30,33). The van der Waals surface area contributed by atoms with E-state index < -0.39 is 17.6 Å². The van der Waals surface area contributed by atoms with E-state index in [1.807, 2.05) is 20.8 Å². The van der Waals surface area contributed by atoms with Gasteiger partial charge < -0.3 is 25.3 Å². The van der Waals surface area contributed by atoms with Gasteiger partial charge in [-0.1, -0.05) is 53.4 Å². The molecule has 0 aromatic carbocycles. The predicted molar refractivity (Wildman–Crippen MR) is 144 cm³/mol. The molecule has 0 aliphatic rings. The summed E-state index contributed by atoms with van der Waals surface area (Å²) in [6, 6.07) is -0.643. The second kappa shape index (κ2) is 19.6. The summed E-state index contributed by atoms with van der Waals surface area (Å²) in [5, 5.41) is 2.73. The highest BCUT2D eigenvalue weighted by Crippen LogP contribution is 2.15. The van der Waals surface area contributed by atoms with E-state index in [-0.39, 0.29) is 30.9 Å². The molecule has 0 heterocycles. The summed E-state index contributed by atoms with van der Waals surface area (Å²) in [4.78, 5) is 36.6. The number of hydrogen-bond donors (Lipinski definition) is 2. The van der Waals surface area contributed by atoms with Gasteiger partial charge in [0.25, 0.3) is 5.91 Å². The van der Waals surface area contributed by atoms with Gasteiger partial charge in [-0.15, -0.1) is 0 Å². The number of amides is 1. The molecule has 0 saturated heterocycles. The minimum Gasteiger partial charge on any atom is -0.463 e. The lowest BCUT2D eigenvalue weighted by Gasteiger charge is -2.24. The van der Waals surface area contributed by atoms with Crippen LogP contribution in [0.15, 0.2) is 0 Å². The van der Waals surface area contributed by atoms with Gasteiger partial charge in [0.2, 0.25) is 0 Å². The molecule has 0 saturated carbocycles. The third kappa shape index (κ3) is 16.3. The van der Waals surface area contributed by atoms with Crippen LogP contribution >= 0.6 is 0 Å². The lowest BCUT2D eigenvalue weighted by Crippen LogP contribution is -2.45. The van der Waals surface area contributed by atoms with Crippen LogP contribution in [0.1, 0.15) is 106 Å². The second-order valence-corrected chi connectivity index (χ2v) is 10.7. The van der Waals surface area contributed by atoms with Crippen LogP contribution < -0.4 is 11.1 Å². The smallest absolute Gasteiger partial charge is 0.322 e. The molecule has 8 nitrogen and oxygen atoms in total. The van der Waals surface area contributed by atoms with Gasteiger partial charge in [-0.25, -0.2) is 0 Å². The van der Waals surface area contributed by atoms with Crippen molar-refractivity contribution in [1.82, 2.24) is 5.32 Å². The average molecular weight is 515 g/mol. The molecule has 0 aromatic heterocycles. The first-order valence-corrected chi connectivity index (χ1v) is 13.9. The van der Waals surface area contributed by atoms with Gasteiger partial charge in [-0.2, -0.15) is 0 Å². The highest BCUT2D eigenvalue weighted by molar-refractivity contribution is 5.84. The number of esters is 1. The zero-order valence-corrected chi connectivity index (χ0v) is 24.0. The van der Waals surface area contributed by atoms with Gasteiger partial charge in [-0.05, 0) is 58.3 Å². The second-order valence-electron chi connectivity index (χ2n) is 10.7. The normalized spacial score (nSPS) is 14.4. The fraction of sp³-hybridized carbons (Fsp3) is 0.893. The van der Waals surface area contributed by atoms with E-state index in [2.05, 4.69) is 19.2 Å². The number of carbonyl (C=O) groups excluding carboxylic acids is 3. The first-order chi connectivity index (χ1) is 16.9. The SMILES string of the molecule is CCCCC(CC)COC(C)C(=O)CCCCCOC(C)(C)C(=O)NCCOC(=O)C(N)CC(C)C. The molecule has 3 atom stereocenters. The molecule has 3 N–H and O–H groups in total. The summed E-state index contributed by atoms with van der Waals surface area (Å²) in [7, 11) is 0. The van der Waals surface area contributed by atoms with Crippen molar-refractivity contribution in [3.8, 4) is 0 Å². The Morgan fingerprint density at radius 3 is 2.28 bits per heavy atom. The number of carbonyl (C=O) groups is 3. The van der Waals surface area contributed by atoms with Crippen molar-refractivity contribution in [2.24, 2.45) is 17.6 Å². The van der Waals surface area contributed by atoms with Crippen LogP contribution in [-0.2, 0) is 28.6 Å². The maximum atomic E-state index is 12.4. The molecule has 0 bridgehead atoms. The fourth-order valence-electron chi connectivity index (χ4n) is 3.69. The Hall–Kier alpha value is -1.51. The number of rotatable bonds is 22. The number of unbranched alkanes of at least 4 members (excludes halogenated alkanes) is 3.